The van der Waals surface area contributed by atoms with Crippen molar-refractivity contribution >= 4 is 12.0 Å². The number of benzene rings is 1. The first-order chi connectivity index (χ1) is 12.4. The third-order valence-corrected chi connectivity index (χ3v) is 4.03. The first-order valence-corrected chi connectivity index (χ1v) is 8.49. The second kappa shape index (κ2) is 7.74. The zero-order valence-corrected chi connectivity index (χ0v) is 15.3. The molecular weight excluding hydrogens is 368 g/mol. The van der Waals surface area contributed by atoms with Crippen LogP contribution in [0.25, 0.3) is 0 Å². The molecule has 5 nitrogen and oxygen atoms in total. The Morgan fingerprint density at radius 2 is 1.70 bits per heavy atom. The van der Waals surface area contributed by atoms with Gasteiger partial charge in [-0.15, -0.1) is 0 Å². The summed E-state index contributed by atoms with van der Waals surface area (Å²) in [5.74, 6) is -1.46. The van der Waals surface area contributed by atoms with Gasteiger partial charge in [-0.1, -0.05) is 0 Å². The van der Waals surface area contributed by atoms with Crippen molar-refractivity contribution in [2.45, 2.75) is 57.5 Å². The number of nitrogens with one attached hydrogen (secondary N) is 1. The molecule has 0 bridgehead atoms. The van der Waals surface area contributed by atoms with Crippen molar-refractivity contribution in [3.05, 3.63) is 35.6 Å². The van der Waals surface area contributed by atoms with E-state index in [0.717, 1.165) is 24.3 Å². The number of carbonyl (C=O) groups excluding carboxylic acids is 2. The summed E-state index contributed by atoms with van der Waals surface area (Å²) in [6.07, 6.45) is -5.66. The fourth-order valence-electron chi connectivity index (χ4n) is 2.89. The standard InChI is InChI=1S/C18H22F4N2O3/c1-17(2,3)27-16(26)23-13-8-9-14(18(20,21)22)24(10-13)15(25)11-4-6-12(19)7-5-11/h4-7,13-14H,8-10H2,1-3H3,(H,23,26)/t13-,14-/m0/s1. The summed E-state index contributed by atoms with van der Waals surface area (Å²) in [6, 6.07) is 1.65. The molecule has 0 unspecified atom stereocenters. The van der Waals surface area contributed by atoms with Gasteiger partial charge in [-0.25, -0.2) is 9.18 Å². The molecule has 150 valence electrons. The highest BCUT2D eigenvalue weighted by Gasteiger charge is 2.48. The molecule has 0 aliphatic carbocycles. The third kappa shape index (κ3) is 5.83. The van der Waals surface area contributed by atoms with Crippen LogP contribution in [-0.2, 0) is 4.74 Å². The van der Waals surface area contributed by atoms with E-state index in [0.29, 0.717) is 4.90 Å². The van der Waals surface area contributed by atoms with Gasteiger partial charge in [0.1, 0.15) is 17.5 Å². The summed E-state index contributed by atoms with van der Waals surface area (Å²) in [5, 5.41) is 2.51. The van der Waals surface area contributed by atoms with Crippen LogP contribution in [0.1, 0.15) is 44.0 Å². The molecule has 1 N–H and O–H groups in total. The molecule has 2 rings (SSSR count). The molecule has 1 heterocycles. The maximum atomic E-state index is 13.4. The highest BCUT2D eigenvalue weighted by atomic mass is 19.4. The summed E-state index contributed by atoms with van der Waals surface area (Å²) in [4.78, 5) is 25.2. The molecule has 1 fully saturated rings. The van der Waals surface area contributed by atoms with Gasteiger partial charge in [0.05, 0.1) is 0 Å². The average molecular weight is 390 g/mol. The fourth-order valence-corrected chi connectivity index (χ4v) is 2.89. The Bertz CT molecular complexity index is 683. The van der Waals surface area contributed by atoms with Crippen molar-refractivity contribution in [1.82, 2.24) is 10.2 Å². The van der Waals surface area contributed by atoms with Crippen molar-refractivity contribution in [3.63, 3.8) is 0 Å². The van der Waals surface area contributed by atoms with E-state index in [1.165, 1.54) is 0 Å². The number of halogens is 4. The Labute approximate surface area is 154 Å². The van der Waals surface area contributed by atoms with E-state index in [9.17, 15) is 27.2 Å². The Balaban J connectivity index is 2.17. The van der Waals surface area contributed by atoms with Crippen LogP contribution in [0, 0.1) is 5.82 Å². The van der Waals surface area contributed by atoms with Crippen LogP contribution in [-0.4, -0.2) is 47.3 Å². The molecule has 0 spiro atoms. The number of alkyl halides is 3. The first kappa shape index (κ1) is 21.0. The van der Waals surface area contributed by atoms with Gasteiger partial charge < -0.3 is 15.0 Å². The van der Waals surface area contributed by atoms with Crippen molar-refractivity contribution in [2.75, 3.05) is 6.54 Å². The van der Waals surface area contributed by atoms with E-state index < -0.39 is 41.7 Å². The second-order valence-corrected chi connectivity index (χ2v) is 7.44. The number of piperidine rings is 1. The molecule has 2 amide bonds. The Morgan fingerprint density at radius 1 is 1.11 bits per heavy atom. The third-order valence-electron chi connectivity index (χ3n) is 4.03. The number of likely N-dealkylation sites (tertiary alicyclic amines) is 1. The maximum absolute atomic E-state index is 13.4. The highest BCUT2D eigenvalue weighted by molar-refractivity contribution is 5.94. The van der Waals surface area contributed by atoms with E-state index in [2.05, 4.69) is 5.32 Å². The Kier molecular flexibility index (Phi) is 6.01. The molecule has 1 saturated heterocycles. The molecule has 0 aromatic heterocycles. The Hall–Kier alpha value is -2.32. The number of amides is 2. The fraction of sp³-hybridized carbons (Fsp3) is 0.556. The lowest BCUT2D eigenvalue weighted by molar-refractivity contribution is -0.184. The summed E-state index contributed by atoms with van der Waals surface area (Å²) >= 11 is 0. The molecule has 1 aromatic carbocycles. The summed E-state index contributed by atoms with van der Waals surface area (Å²) in [6.45, 7) is 4.67. The highest BCUT2D eigenvalue weighted by Crippen LogP contribution is 2.33. The van der Waals surface area contributed by atoms with Crippen LogP contribution < -0.4 is 5.32 Å². The van der Waals surface area contributed by atoms with Crippen molar-refractivity contribution in [1.29, 1.82) is 0 Å². The smallest absolute Gasteiger partial charge is 0.408 e. The minimum Gasteiger partial charge on any atom is -0.444 e. The van der Waals surface area contributed by atoms with Crippen molar-refractivity contribution in [3.8, 4) is 0 Å². The summed E-state index contributed by atoms with van der Waals surface area (Å²) < 4.78 is 58.3. The van der Waals surface area contributed by atoms with Gasteiger partial charge in [-0.3, -0.25) is 4.79 Å². The van der Waals surface area contributed by atoms with Crippen LogP contribution in [0.3, 0.4) is 0 Å². The second-order valence-electron chi connectivity index (χ2n) is 7.44. The number of rotatable bonds is 2. The molecule has 1 aliphatic rings. The van der Waals surface area contributed by atoms with Crippen molar-refractivity contribution in [2.24, 2.45) is 0 Å². The number of hydrogen-bond acceptors (Lipinski definition) is 3. The Morgan fingerprint density at radius 3 is 2.22 bits per heavy atom. The minimum absolute atomic E-state index is 0.0522. The van der Waals surface area contributed by atoms with Gasteiger partial charge in [0.2, 0.25) is 0 Å². The molecule has 27 heavy (non-hydrogen) atoms. The van der Waals surface area contributed by atoms with Gasteiger partial charge in [-0.2, -0.15) is 13.2 Å². The summed E-state index contributed by atoms with van der Waals surface area (Å²) in [7, 11) is 0. The topological polar surface area (TPSA) is 58.6 Å². The van der Waals surface area contributed by atoms with Crippen LogP contribution >= 0.6 is 0 Å². The molecule has 1 aromatic rings. The lowest BCUT2D eigenvalue weighted by Crippen LogP contribution is -2.58. The average Bonchev–Trinajstić information content (AvgIpc) is 2.52. The van der Waals surface area contributed by atoms with Crippen LogP contribution in [0.2, 0.25) is 0 Å². The largest absolute Gasteiger partial charge is 0.444 e. The van der Waals surface area contributed by atoms with E-state index in [4.69, 9.17) is 4.74 Å². The maximum Gasteiger partial charge on any atom is 0.408 e. The van der Waals surface area contributed by atoms with Gasteiger partial charge in [0.25, 0.3) is 5.91 Å². The predicted octanol–water partition coefficient (Wildman–Crippen LogP) is 3.89. The van der Waals surface area contributed by atoms with Gasteiger partial charge in [-0.05, 0) is 57.9 Å². The normalized spacial score (nSPS) is 20.9. The van der Waals surface area contributed by atoms with Crippen LogP contribution in [0.15, 0.2) is 24.3 Å². The number of alkyl carbamates (subject to hydrolysis) is 1. The van der Waals surface area contributed by atoms with Crippen LogP contribution in [0.4, 0.5) is 22.4 Å². The van der Waals surface area contributed by atoms with E-state index >= 15 is 0 Å². The van der Waals surface area contributed by atoms with Crippen molar-refractivity contribution < 1.29 is 31.9 Å². The summed E-state index contributed by atoms with van der Waals surface area (Å²) in [5.41, 5.74) is -0.805. The van der Waals surface area contributed by atoms with Gasteiger partial charge >= 0.3 is 12.3 Å². The lowest BCUT2D eigenvalue weighted by atomic mass is 9.96. The van der Waals surface area contributed by atoms with Gasteiger partial charge in [0, 0.05) is 18.2 Å². The molecule has 1 aliphatic heterocycles. The number of hydrogen-bond donors (Lipinski definition) is 1. The molecule has 9 heteroatoms. The molecule has 2 atom stereocenters. The quantitative estimate of drug-likeness (QED) is 0.780. The van der Waals surface area contributed by atoms with Gasteiger partial charge in [0.15, 0.2) is 0 Å². The predicted molar refractivity (Wildman–Crippen MR) is 89.7 cm³/mol. The monoisotopic (exact) mass is 390 g/mol. The van der Waals surface area contributed by atoms with Crippen LogP contribution in [0.5, 0.6) is 0 Å². The first-order valence-electron chi connectivity index (χ1n) is 8.49. The molecule has 0 saturated carbocycles. The molecular formula is C18H22F4N2O3. The van der Waals surface area contributed by atoms with E-state index in [1.54, 1.807) is 20.8 Å². The van der Waals surface area contributed by atoms with E-state index in [-0.39, 0.29) is 24.9 Å². The SMILES string of the molecule is CC(C)(C)OC(=O)N[C@H]1CC[C@@H](C(F)(F)F)N(C(=O)c2ccc(F)cc2)C1. The molecule has 0 radical (unpaired) electrons. The van der Waals surface area contributed by atoms with E-state index in [1.807, 2.05) is 0 Å². The number of ether oxygens (including phenoxy) is 1. The zero-order valence-electron chi connectivity index (χ0n) is 15.3. The zero-order chi connectivity index (χ0) is 20.4. The number of nitrogens with zero attached hydrogens (tertiary/aromatic N) is 1. The number of carbonyl (C=O) groups is 2. The lowest BCUT2D eigenvalue weighted by Gasteiger charge is -2.40. The minimum atomic E-state index is -4.60.